The van der Waals surface area contributed by atoms with Crippen LogP contribution in [0, 0.1) is 11.3 Å². The standard InChI is InChI=1S/C44H58ClF3N4O12/c1-43(2,3)64-42(54)50-11-12-55-13-14-56-15-16-57-17-18-58-19-20-59-21-22-60-23-24-61-25-26-62-27-28-63-39-8-6-5-7-38(39)52(4)41(53)33-9-10-37(45)35(29-33)36-32-51-40(44(46,47)48)30-34(36)31-49/h5-10,29-30,32H,11-28H2,1-4H3,(H,50,54). The van der Waals surface area contributed by atoms with E-state index >= 15 is 0 Å². The molecule has 0 fully saturated rings. The molecular formula is C44H58ClF3N4O12. The van der Waals surface area contributed by atoms with Gasteiger partial charge in [0.2, 0.25) is 0 Å². The molecule has 3 aromatic rings. The molecule has 0 saturated heterocycles. The van der Waals surface area contributed by atoms with Gasteiger partial charge in [0.25, 0.3) is 5.91 Å². The summed E-state index contributed by atoms with van der Waals surface area (Å²) >= 11 is 6.36. The lowest BCUT2D eigenvalue weighted by molar-refractivity contribution is -0.141. The average molecular weight is 927 g/mol. The summed E-state index contributed by atoms with van der Waals surface area (Å²) in [5.74, 6) is -0.0310. The molecule has 0 aliphatic carbocycles. The zero-order valence-corrected chi connectivity index (χ0v) is 37.4. The third kappa shape index (κ3) is 21.4. The third-order valence-corrected chi connectivity index (χ3v) is 8.68. The molecule has 0 radical (unpaired) electrons. The Kier molecular flexibility index (Phi) is 25.0. The number of carbonyl (C=O) groups is 2. The van der Waals surface area contributed by atoms with Gasteiger partial charge in [-0.15, -0.1) is 0 Å². The van der Waals surface area contributed by atoms with E-state index in [1.165, 1.54) is 23.1 Å². The molecule has 16 nitrogen and oxygen atoms in total. The predicted molar refractivity (Wildman–Crippen MR) is 230 cm³/mol. The molecule has 20 heteroatoms. The van der Waals surface area contributed by atoms with Crippen molar-refractivity contribution in [2.75, 3.05) is 131 Å². The van der Waals surface area contributed by atoms with Gasteiger partial charge in [-0.1, -0.05) is 23.7 Å². The number of hydrogen-bond acceptors (Lipinski definition) is 14. The van der Waals surface area contributed by atoms with Crippen molar-refractivity contribution in [3.05, 3.63) is 76.6 Å². The van der Waals surface area contributed by atoms with Crippen molar-refractivity contribution >= 4 is 29.3 Å². The highest BCUT2D eigenvalue weighted by atomic mass is 35.5. The molecule has 0 spiro atoms. The molecule has 3 rings (SSSR count). The number of para-hydroxylation sites is 2. The number of halogens is 4. The Bertz CT molecular complexity index is 1880. The topological polar surface area (TPSA) is 178 Å². The molecular weight excluding hydrogens is 869 g/mol. The Balaban J connectivity index is 1.16. The lowest BCUT2D eigenvalue weighted by atomic mass is 9.99. The van der Waals surface area contributed by atoms with Crippen LogP contribution >= 0.6 is 11.6 Å². The number of nitrogens with one attached hydrogen (secondary N) is 1. The van der Waals surface area contributed by atoms with Crippen LogP contribution in [0.3, 0.4) is 0 Å². The molecule has 2 aromatic carbocycles. The summed E-state index contributed by atoms with van der Waals surface area (Å²) in [4.78, 5) is 29.9. The zero-order chi connectivity index (χ0) is 46.6. The summed E-state index contributed by atoms with van der Waals surface area (Å²) in [7, 11) is 1.55. The van der Waals surface area contributed by atoms with E-state index in [0.29, 0.717) is 123 Å². The molecule has 0 atom stereocenters. The second-order valence-corrected chi connectivity index (χ2v) is 14.8. The van der Waals surface area contributed by atoms with Crippen LogP contribution in [0.25, 0.3) is 11.1 Å². The van der Waals surface area contributed by atoms with Crippen LogP contribution in [-0.2, 0) is 48.8 Å². The Morgan fingerprint density at radius 1 is 0.703 bits per heavy atom. The summed E-state index contributed by atoms with van der Waals surface area (Å²) in [6, 6.07) is 13.6. The van der Waals surface area contributed by atoms with Gasteiger partial charge in [-0.2, -0.15) is 18.4 Å². The number of pyridine rings is 1. The first-order valence-corrected chi connectivity index (χ1v) is 20.9. The maximum atomic E-state index is 13.6. The van der Waals surface area contributed by atoms with E-state index in [4.69, 9.17) is 59.0 Å². The van der Waals surface area contributed by atoms with Crippen LogP contribution in [0.1, 0.15) is 42.4 Å². The monoisotopic (exact) mass is 926 g/mol. The fourth-order valence-electron chi connectivity index (χ4n) is 5.33. The summed E-state index contributed by atoms with van der Waals surface area (Å²) in [6.45, 7) is 12.4. The highest BCUT2D eigenvalue weighted by molar-refractivity contribution is 6.33. The smallest absolute Gasteiger partial charge is 0.433 e. The first-order valence-electron chi connectivity index (χ1n) is 20.6. The van der Waals surface area contributed by atoms with Gasteiger partial charge in [-0.3, -0.25) is 9.78 Å². The molecule has 1 aromatic heterocycles. The van der Waals surface area contributed by atoms with Gasteiger partial charge < -0.3 is 57.6 Å². The number of anilines is 1. The molecule has 354 valence electrons. The summed E-state index contributed by atoms with van der Waals surface area (Å²) in [5, 5.41) is 12.3. The molecule has 0 saturated carbocycles. The number of ether oxygens (including phenoxy) is 10. The minimum atomic E-state index is -4.73. The number of alkyl carbamates (subject to hydrolysis) is 1. The predicted octanol–water partition coefficient (Wildman–Crippen LogP) is 6.61. The summed E-state index contributed by atoms with van der Waals surface area (Å²) in [6.07, 6.45) is -4.29. The van der Waals surface area contributed by atoms with Crippen LogP contribution in [0.4, 0.5) is 23.7 Å². The fraction of sp³-hybridized carbons (Fsp3) is 0.545. The molecule has 0 aliphatic rings. The highest BCUT2D eigenvalue weighted by Crippen LogP contribution is 2.35. The van der Waals surface area contributed by atoms with Gasteiger partial charge in [0.1, 0.15) is 23.7 Å². The molecule has 2 amide bonds. The van der Waals surface area contributed by atoms with Gasteiger partial charge in [0.15, 0.2) is 0 Å². The number of alkyl halides is 3. The number of nitriles is 1. The van der Waals surface area contributed by atoms with Gasteiger partial charge in [0, 0.05) is 41.5 Å². The number of benzene rings is 2. The lowest BCUT2D eigenvalue weighted by Crippen LogP contribution is -2.34. The van der Waals surface area contributed by atoms with Gasteiger partial charge in [-0.25, -0.2) is 4.79 Å². The Hall–Kier alpha value is -4.62. The van der Waals surface area contributed by atoms with E-state index in [0.717, 1.165) is 6.20 Å². The second-order valence-electron chi connectivity index (χ2n) is 14.4. The first kappa shape index (κ1) is 53.7. The van der Waals surface area contributed by atoms with Crippen molar-refractivity contribution < 1.29 is 70.1 Å². The molecule has 64 heavy (non-hydrogen) atoms. The van der Waals surface area contributed by atoms with E-state index in [1.807, 2.05) is 0 Å². The van der Waals surface area contributed by atoms with Crippen LogP contribution in [-0.4, -0.2) is 148 Å². The SMILES string of the molecule is CN(C(=O)c1ccc(Cl)c(-c2cnc(C(F)(F)F)cc2C#N)c1)c1ccccc1OCCOCCOCCOCCOCCOCCOCCOCCOCCNC(=O)OC(C)(C)C. The maximum Gasteiger partial charge on any atom is 0.433 e. The van der Waals surface area contributed by atoms with Crippen LogP contribution in [0.15, 0.2) is 54.7 Å². The quantitative estimate of drug-likeness (QED) is 0.0682. The van der Waals surface area contributed by atoms with Crippen LogP contribution in [0.2, 0.25) is 5.02 Å². The fourth-order valence-corrected chi connectivity index (χ4v) is 5.55. The molecule has 0 unspecified atom stereocenters. The number of rotatable bonds is 31. The number of carbonyl (C=O) groups excluding carboxylic acids is 2. The second kappa shape index (κ2) is 29.8. The van der Waals surface area contributed by atoms with E-state index < -0.39 is 29.5 Å². The van der Waals surface area contributed by atoms with Crippen LogP contribution in [0.5, 0.6) is 5.75 Å². The largest absolute Gasteiger partial charge is 0.489 e. The molecule has 1 heterocycles. The van der Waals surface area contributed by atoms with Gasteiger partial charge >= 0.3 is 12.3 Å². The Labute approximate surface area is 377 Å². The zero-order valence-electron chi connectivity index (χ0n) is 36.7. The van der Waals surface area contributed by atoms with Crippen molar-refractivity contribution in [3.8, 4) is 22.9 Å². The number of hydrogen-bond donors (Lipinski definition) is 1. The molecule has 0 bridgehead atoms. The summed E-state index contributed by atoms with van der Waals surface area (Å²) < 4.78 is 94.6. The van der Waals surface area contributed by atoms with Gasteiger partial charge in [-0.05, 0) is 57.2 Å². The van der Waals surface area contributed by atoms with Crippen molar-refractivity contribution in [1.29, 1.82) is 5.26 Å². The highest BCUT2D eigenvalue weighted by Gasteiger charge is 2.33. The maximum absolute atomic E-state index is 13.6. The van der Waals surface area contributed by atoms with E-state index in [9.17, 15) is 28.0 Å². The number of amides is 2. The van der Waals surface area contributed by atoms with E-state index in [-0.39, 0.29) is 40.5 Å². The molecule has 0 aliphatic heterocycles. The number of aromatic nitrogens is 1. The Morgan fingerprint density at radius 2 is 1.19 bits per heavy atom. The minimum absolute atomic E-state index is 0.0591. The normalized spacial score (nSPS) is 11.6. The lowest BCUT2D eigenvalue weighted by Gasteiger charge is -2.21. The van der Waals surface area contributed by atoms with E-state index in [2.05, 4.69) is 10.3 Å². The van der Waals surface area contributed by atoms with Crippen LogP contribution < -0.4 is 15.0 Å². The third-order valence-electron chi connectivity index (χ3n) is 8.35. The van der Waals surface area contributed by atoms with Crippen molar-refractivity contribution in [1.82, 2.24) is 10.3 Å². The molecule has 1 N–H and O–H groups in total. The average Bonchev–Trinajstić information content (AvgIpc) is 3.26. The number of nitrogens with zero attached hydrogens (tertiary/aromatic N) is 3. The van der Waals surface area contributed by atoms with Crippen molar-refractivity contribution in [2.45, 2.75) is 32.5 Å². The van der Waals surface area contributed by atoms with E-state index in [1.54, 1.807) is 58.2 Å². The first-order chi connectivity index (χ1) is 30.7. The minimum Gasteiger partial charge on any atom is -0.489 e. The van der Waals surface area contributed by atoms with Crippen molar-refractivity contribution in [3.63, 3.8) is 0 Å². The van der Waals surface area contributed by atoms with Crippen molar-refractivity contribution in [2.24, 2.45) is 0 Å². The summed E-state index contributed by atoms with van der Waals surface area (Å²) in [5.41, 5.74) is -1.16. The van der Waals surface area contributed by atoms with Gasteiger partial charge in [0.05, 0.1) is 123 Å². The Morgan fingerprint density at radius 3 is 1.67 bits per heavy atom.